The standard InChI is InChI=1S/C25H37N3O3S/c29-23(26-11-13-31-14-12-26)7-1-6-22-21-5-3-10-27-9-2-4-20(25(21)27)17-28(22)24(30)16-19-8-15-32-18-19/h8,15,18,20-22,25H,1-7,9-14,16-17H2/t20-,21+,22+,25-/m0/s1. The summed E-state index contributed by atoms with van der Waals surface area (Å²) in [4.78, 5) is 33.1. The van der Waals surface area contributed by atoms with E-state index in [1.807, 2.05) is 4.90 Å². The number of hydrogen-bond donors (Lipinski definition) is 0. The monoisotopic (exact) mass is 459 g/mol. The van der Waals surface area contributed by atoms with Crippen molar-refractivity contribution < 1.29 is 14.3 Å². The van der Waals surface area contributed by atoms with Crippen LogP contribution in [0.2, 0.25) is 0 Å². The van der Waals surface area contributed by atoms with Crippen LogP contribution in [0, 0.1) is 11.8 Å². The number of likely N-dealkylation sites (tertiary alicyclic amines) is 1. The van der Waals surface area contributed by atoms with E-state index in [4.69, 9.17) is 4.74 Å². The Bertz CT molecular complexity index is 777. The highest BCUT2D eigenvalue weighted by molar-refractivity contribution is 7.08. The fourth-order valence-electron chi connectivity index (χ4n) is 6.75. The number of hydrogen-bond acceptors (Lipinski definition) is 5. The van der Waals surface area contributed by atoms with Gasteiger partial charge in [-0.25, -0.2) is 0 Å². The summed E-state index contributed by atoms with van der Waals surface area (Å²) in [5.74, 6) is 1.72. The quantitative estimate of drug-likeness (QED) is 0.656. The highest BCUT2D eigenvalue weighted by atomic mass is 32.1. The Labute approximate surface area is 195 Å². The third-order valence-corrected chi connectivity index (χ3v) is 8.91. The Kier molecular flexibility index (Phi) is 7.14. The molecule has 0 aromatic carbocycles. The van der Waals surface area contributed by atoms with Crippen LogP contribution in [0.5, 0.6) is 0 Å². The number of piperidine rings is 3. The summed E-state index contributed by atoms with van der Waals surface area (Å²) in [6, 6.07) is 3.00. The lowest BCUT2D eigenvalue weighted by Gasteiger charge is -2.57. The van der Waals surface area contributed by atoms with E-state index in [1.54, 1.807) is 11.3 Å². The molecule has 6 nitrogen and oxygen atoms in total. The third kappa shape index (κ3) is 4.75. The summed E-state index contributed by atoms with van der Waals surface area (Å²) >= 11 is 1.66. The first-order valence-electron chi connectivity index (χ1n) is 12.6. The Morgan fingerprint density at radius 2 is 1.88 bits per heavy atom. The molecule has 2 amide bonds. The molecule has 5 heterocycles. The van der Waals surface area contributed by atoms with Crippen LogP contribution in [0.3, 0.4) is 0 Å². The van der Waals surface area contributed by atoms with Gasteiger partial charge in [0, 0.05) is 38.1 Å². The molecule has 0 N–H and O–H groups in total. The average Bonchev–Trinajstić information content (AvgIpc) is 3.34. The summed E-state index contributed by atoms with van der Waals surface area (Å²) in [6.07, 6.45) is 7.91. The Morgan fingerprint density at radius 1 is 1.06 bits per heavy atom. The van der Waals surface area contributed by atoms with Crippen LogP contribution in [0.4, 0.5) is 0 Å². The van der Waals surface area contributed by atoms with E-state index in [0.29, 0.717) is 43.9 Å². The van der Waals surface area contributed by atoms with Gasteiger partial charge in [0.1, 0.15) is 0 Å². The van der Waals surface area contributed by atoms with Crippen molar-refractivity contribution in [2.75, 3.05) is 45.9 Å². The second kappa shape index (κ2) is 10.2. The van der Waals surface area contributed by atoms with Crippen LogP contribution < -0.4 is 0 Å². The predicted molar refractivity (Wildman–Crippen MR) is 126 cm³/mol. The normalized spacial score (nSPS) is 30.8. The zero-order valence-corrected chi connectivity index (χ0v) is 19.9. The molecule has 4 aliphatic rings. The molecule has 0 radical (unpaired) electrons. The molecule has 5 rings (SSSR count). The lowest BCUT2D eigenvalue weighted by Crippen LogP contribution is -2.65. The molecule has 4 saturated heterocycles. The second-order valence-corrected chi connectivity index (χ2v) is 10.8. The van der Waals surface area contributed by atoms with Gasteiger partial charge in [0.25, 0.3) is 0 Å². The van der Waals surface area contributed by atoms with Crippen molar-refractivity contribution in [1.29, 1.82) is 0 Å². The van der Waals surface area contributed by atoms with Gasteiger partial charge in [-0.05, 0) is 85.8 Å². The number of ether oxygens (including phenoxy) is 1. The third-order valence-electron chi connectivity index (χ3n) is 8.18. The van der Waals surface area contributed by atoms with E-state index >= 15 is 0 Å². The zero-order valence-electron chi connectivity index (χ0n) is 19.1. The van der Waals surface area contributed by atoms with Gasteiger partial charge < -0.3 is 14.5 Å². The first-order chi connectivity index (χ1) is 15.7. The topological polar surface area (TPSA) is 53.1 Å². The maximum Gasteiger partial charge on any atom is 0.227 e. The van der Waals surface area contributed by atoms with Crippen molar-refractivity contribution in [2.24, 2.45) is 11.8 Å². The van der Waals surface area contributed by atoms with Gasteiger partial charge in [-0.2, -0.15) is 11.3 Å². The molecule has 0 aliphatic carbocycles. The molecule has 32 heavy (non-hydrogen) atoms. The van der Waals surface area contributed by atoms with Gasteiger partial charge in [-0.15, -0.1) is 0 Å². The molecule has 176 valence electrons. The Morgan fingerprint density at radius 3 is 2.66 bits per heavy atom. The molecule has 0 unspecified atom stereocenters. The predicted octanol–water partition coefficient (Wildman–Crippen LogP) is 3.02. The van der Waals surface area contributed by atoms with Crippen molar-refractivity contribution in [3.63, 3.8) is 0 Å². The molecule has 0 saturated carbocycles. The van der Waals surface area contributed by atoms with E-state index in [2.05, 4.69) is 26.6 Å². The number of morpholine rings is 1. The number of carbonyl (C=O) groups excluding carboxylic acids is 2. The maximum absolute atomic E-state index is 13.5. The molecule has 0 bridgehead atoms. The van der Waals surface area contributed by atoms with Crippen molar-refractivity contribution in [3.05, 3.63) is 22.4 Å². The first kappa shape index (κ1) is 22.4. The Balaban J connectivity index is 1.28. The largest absolute Gasteiger partial charge is 0.378 e. The minimum Gasteiger partial charge on any atom is -0.378 e. The molecule has 1 aromatic heterocycles. The van der Waals surface area contributed by atoms with E-state index < -0.39 is 0 Å². The van der Waals surface area contributed by atoms with E-state index in [1.165, 1.54) is 38.8 Å². The van der Waals surface area contributed by atoms with Crippen molar-refractivity contribution in [1.82, 2.24) is 14.7 Å². The van der Waals surface area contributed by atoms with Gasteiger partial charge in [-0.1, -0.05) is 0 Å². The van der Waals surface area contributed by atoms with E-state index in [9.17, 15) is 9.59 Å². The molecule has 1 aromatic rings. The molecular formula is C25H37N3O3S. The van der Waals surface area contributed by atoms with Crippen LogP contribution in [-0.4, -0.2) is 84.5 Å². The van der Waals surface area contributed by atoms with Crippen LogP contribution in [-0.2, 0) is 20.7 Å². The van der Waals surface area contributed by atoms with Gasteiger partial charge in [0.05, 0.1) is 19.6 Å². The van der Waals surface area contributed by atoms with Crippen molar-refractivity contribution in [3.8, 4) is 0 Å². The fraction of sp³-hybridized carbons (Fsp3) is 0.760. The summed E-state index contributed by atoms with van der Waals surface area (Å²) < 4.78 is 5.39. The summed E-state index contributed by atoms with van der Waals surface area (Å²) in [7, 11) is 0. The Hall–Kier alpha value is -1.44. The summed E-state index contributed by atoms with van der Waals surface area (Å²) in [5, 5.41) is 4.16. The average molecular weight is 460 g/mol. The zero-order chi connectivity index (χ0) is 21.9. The van der Waals surface area contributed by atoms with Crippen LogP contribution >= 0.6 is 11.3 Å². The number of thiophene rings is 1. The van der Waals surface area contributed by atoms with Crippen molar-refractivity contribution in [2.45, 2.75) is 63.5 Å². The highest BCUT2D eigenvalue weighted by Crippen LogP contribution is 2.43. The number of rotatable bonds is 6. The molecule has 0 spiro atoms. The highest BCUT2D eigenvalue weighted by Gasteiger charge is 2.49. The minimum atomic E-state index is 0.251. The van der Waals surface area contributed by atoms with Gasteiger partial charge in [-0.3, -0.25) is 14.5 Å². The first-order valence-corrected chi connectivity index (χ1v) is 13.5. The molecule has 4 fully saturated rings. The van der Waals surface area contributed by atoms with Crippen LogP contribution in [0.15, 0.2) is 16.8 Å². The smallest absolute Gasteiger partial charge is 0.227 e. The van der Waals surface area contributed by atoms with Crippen molar-refractivity contribution >= 4 is 23.2 Å². The number of nitrogens with zero attached hydrogens (tertiary/aromatic N) is 3. The summed E-state index contributed by atoms with van der Waals surface area (Å²) in [6.45, 7) is 6.10. The van der Waals surface area contributed by atoms with Gasteiger partial charge >= 0.3 is 0 Å². The van der Waals surface area contributed by atoms with Crippen LogP contribution in [0.25, 0.3) is 0 Å². The van der Waals surface area contributed by atoms with Gasteiger partial charge in [0.2, 0.25) is 11.8 Å². The second-order valence-electron chi connectivity index (χ2n) is 10.0. The molecular weight excluding hydrogens is 422 g/mol. The fourth-order valence-corrected chi connectivity index (χ4v) is 7.42. The lowest BCUT2D eigenvalue weighted by molar-refractivity contribution is -0.145. The van der Waals surface area contributed by atoms with Gasteiger partial charge in [0.15, 0.2) is 0 Å². The minimum absolute atomic E-state index is 0.251. The maximum atomic E-state index is 13.5. The van der Waals surface area contributed by atoms with E-state index in [0.717, 1.165) is 38.0 Å². The summed E-state index contributed by atoms with van der Waals surface area (Å²) in [5.41, 5.74) is 1.14. The SMILES string of the molecule is O=C(CCC[C@@H]1[C@H]2CCCN3CCC[C@@H](CN1C(=O)Cc1ccsc1)[C@@H]23)N1CCOCC1. The van der Waals surface area contributed by atoms with E-state index in [-0.39, 0.29) is 17.9 Å². The van der Waals surface area contributed by atoms with Crippen LogP contribution in [0.1, 0.15) is 50.5 Å². The lowest BCUT2D eigenvalue weighted by atomic mass is 9.69. The molecule has 7 heteroatoms. The number of amides is 2. The molecule has 4 aliphatic heterocycles. The molecule has 4 atom stereocenters. The number of carbonyl (C=O) groups is 2.